The topological polar surface area (TPSA) is 211 Å². The summed E-state index contributed by atoms with van der Waals surface area (Å²) >= 11 is 7.31. The maximum atomic E-state index is 14.3. The van der Waals surface area contributed by atoms with Gasteiger partial charge in [-0.15, -0.1) is 11.3 Å². The summed E-state index contributed by atoms with van der Waals surface area (Å²) in [5.41, 5.74) is 12.5. The lowest BCUT2D eigenvalue weighted by atomic mass is 9.91. The van der Waals surface area contributed by atoms with E-state index in [2.05, 4.69) is 25.3 Å². The number of rotatable bonds is 19. The van der Waals surface area contributed by atoms with Crippen molar-refractivity contribution in [3.05, 3.63) is 64.1 Å². The van der Waals surface area contributed by atoms with Crippen molar-refractivity contribution in [2.75, 3.05) is 32.4 Å². The highest BCUT2D eigenvalue weighted by atomic mass is 35.5. The van der Waals surface area contributed by atoms with E-state index in [-0.39, 0.29) is 49.2 Å². The second-order valence-corrected chi connectivity index (χ2v) is 17.3. The molecule has 3 aromatic rings. The molecule has 14 nitrogen and oxygen atoms in total. The van der Waals surface area contributed by atoms with E-state index < -0.39 is 46.1 Å². The molecule has 0 bridgehead atoms. The number of thiazole rings is 1. The fraction of sp³-hybridized carbons (Fsp3) is 0.541. The number of fused-ring (bicyclic) bond motifs is 1. The Kier molecular flexibility index (Phi) is 15.2. The maximum Gasteiger partial charge on any atom is 0.243 e. The molecule has 5 rings (SSSR count). The number of nitrogens with one attached hydrogen (secondary N) is 3. The van der Waals surface area contributed by atoms with Crippen LogP contribution in [0.4, 0.5) is 0 Å². The lowest BCUT2D eigenvalue weighted by Crippen LogP contribution is -2.55. The third-order valence-electron chi connectivity index (χ3n) is 9.80. The number of hydrogen-bond acceptors (Lipinski definition) is 10. The van der Waals surface area contributed by atoms with Gasteiger partial charge in [-0.1, -0.05) is 48.7 Å². The van der Waals surface area contributed by atoms with Crippen molar-refractivity contribution in [1.82, 2.24) is 25.2 Å². The summed E-state index contributed by atoms with van der Waals surface area (Å²) in [6.07, 6.45) is 5.88. The number of halogens is 1. The number of sulfonamides is 1. The Bertz CT molecular complexity index is 1830. The molecule has 17 heteroatoms. The summed E-state index contributed by atoms with van der Waals surface area (Å²) < 4.78 is 34.7. The van der Waals surface area contributed by atoms with Gasteiger partial charge in [0.25, 0.3) is 0 Å². The monoisotopic (exact) mass is 802 g/mol. The molecule has 2 aliphatic heterocycles. The minimum absolute atomic E-state index is 0.0285. The molecule has 54 heavy (non-hydrogen) atoms. The second kappa shape index (κ2) is 19.8. The molecule has 2 saturated heterocycles. The number of hydrogen-bond donors (Lipinski definition) is 5. The normalized spacial score (nSPS) is 19.0. The number of para-hydroxylation sites is 1. The first kappa shape index (κ1) is 41.5. The van der Waals surface area contributed by atoms with Crippen molar-refractivity contribution >= 4 is 66.7 Å². The molecule has 2 amide bonds. The zero-order valence-electron chi connectivity index (χ0n) is 30.5. The molecule has 0 saturated carbocycles. The number of aromatic nitrogens is 1. The quantitative estimate of drug-likeness (QED) is 0.0517. The van der Waals surface area contributed by atoms with E-state index in [1.807, 2.05) is 36.4 Å². The van der Waals surface area contributed by atoms with Crippen molar-refractivity contribution in [3.8, 4) is 0 Å². The van der Waals surface area contributed by atoms with Crippen LogP contribution in [0, 0.1) is 5.92 Å². The SMILES string of the molecule is CS(=O)(=O)NC(CCCC1CCNCC1)C(=O)N1C[C@H](OCc2ccc(Cl)cc2)C[C@H]1C(=O)NC(CCCCN=C(N)N)C(=O)c1nc2ccccc2s1. The van der Waals surface area contributed by atoms with Crippen molar-refractivity contribution < 1.29 is 27.5 Å². The van der Waals surface area contributed by atoms with Crippen LogP contribution in [-0.4, -0.2) is 98.5 Å². The average Bonchev–Trinajstić information content (AvgIpc) is 3.78. The lowest BCUT2D eigenvalue weighted by Gasteiger charge is -2.30. The summed E-state index contributed by atoms with van der Waals surface area (Å²) in [6.45, 7) is 2.52. The minimum Gasteiger partial charge on any atom is -0.372 e. The molecule has 0 aliphatic carbocycles. The highest BCUT2D eigenvalue weighted by molar-refractivity contribution is 7.88. The van der Waals surface area contributed by atoms with Gasteiger partial charge in [-0.25, -0.2) is 18.1 Å². The van der Waals surface area contributed by atoms with Crippen molar-refractivity contribution in [2.24, 2.45) is 22.4 Å². The van der Waals surface area contributed by atoms with Crippen LogP contribution in [0.2, 0.25) is 5.02 Å². The average molecular weight is 803 g/mol. The van der Waals surface area contributed by atoms with E-state index in [1.54, 1.807) is 12.1 Å². The van der Waals surface area contributed by atoms with Crippen LogP contribution >= 0.6 is 22.9 Å². The molecular weight excluding hydrogens is 752 g/mol. The zero-order valence-corrected chi connectivity index (χ0v) is 32.9. The Morgan fingerprint density at radius 3 is 2.48 bits per heavy atom. The standard InChI is InChI=1S/C37H51ClN8O6S2/c1-54(50,51)45-30(10-6-7-24-16-19-41-20-17-24)36(49)46-22-27(52-23-25-12-14-26(38)15-13-25)21-31(46)34(48)43-29(9-4-5-18-42-37(39)40)33(47)35-44-28-8-2-3-11-32(28)53-35/h2-3,8,11-15,24,27,29-31,41,45H,4-7,9-10,16-23H2,1H3,(H,43,48)(H4,39,40,42)/t27-,29?,30?,31+/m1/s1. The Hall–Kier alpha value is -3.67. The molecule has 0 spiro atoms. The summed E-state index contributed by atoms with van der Waals surface area (Å²) in [7, 11) is -3.77. The van der Waals surface area contributed by atoms with Gasteiger partial charge in [0.05, 0.1) is 35.2 Å². The van der Waals surface area contributed by atoms with Gasteiger partial charge in [-0.2, -0.15) is 0 Å². The Balaban J connectivity index is 1.36. The predicted octanol–water partition coefficient (Wildman–Crippen LogP) is 3.33. The lowest BCUT2D eigenvalue weighted by molar-refractivity contribution is -0.140. The number of ketones is 1. The summed E-state index contributed by atoms with van der Waals surface area (Å²) in [5.74, 6) is -0.903. The van der Waals surface area contributed by atoms with Gasteiger partial charge in [0, 0.05) is 24.5 Å². The number of amides is 2. The van der Waals surface area contributed by atoms with Gasteiger partial charge in [-0.05, 0) is 87.4 Å². The van der Waals surface area contributed by atoms with Crippen LogP contribution in [0.15, 0.2) is 53.5 Å². The number of nitrogens with two attached hydrogens (primary N) is 2. The van der Waals surface area contributed by atoms with Crippen molar-refractivity contribution in [2.45, 2.75) is 88.6 Å². The first-order valence-electron chi connectivity index (χ1n) is 18.5. The highest BCUT2D eigenvalue weighted by Crippen LogP contribution is 2.27. The zero-order chi connectivity index (χ0) is 38.7. The number of carbonyl (C=O) groups is 3. The van der Waals surface area contributed by atoms with Gasteiger partial charge in [0.2, 0.25) is 27.6 Å². The predicted molar refractivity (Wildman–Crippen MR) is 212 cm³/mol. The van der Waals surface area contributed by atoms with Crippen LogP contribution in [0.1, 0.15) is 73.2 Å². The molecule has 294 valence electrons. The van der Waals surface area contributed by atoms with Gasteiger partial charge in [-0.3, -0.25) is 19.4 Å². The number of likely N-dealkylation sites (tertiary alicyclic amines) is 1. The maximum absolute atomic E-state index is 14.3. The van der Waals surface area contributed by atoms with Crippen LogP contribution < -0.4 is 26.8 Å². The van der Waals surface area contributed by atoms with E-state index in [4.69, 9.17) is 27.8 Å². The van der Waals surface area contributed by atoms with E-state index in [1.165, 1.54) is 16.2 Å². The molecule has 2 aromatic carbocycles. The number of unbranched alkanes of at least 4 members (excludes halogenated alkanes) is 1. The van der Waals surface area contributed by atoms with Crippen LogP contribution in [0.3, 0.4) is 0 Å². The first-order chi connectivity index (χ1) is 25.9. The number of Topliss-reactive ketones (excluding diaryl/α,β-unsaturated/α-hetero) is 1. The molecule has 7 N–H and O–H groups in total. The second-order valence-electron chi connectivity index (χ2n) is 14.1. The number of nitrogens with zero attached hydrogens (tertiary/aromatic N) is 3. The molecule has 3 heterocycles. The molecule has 4 atom stereocenters. The summed E-state index contributed by atoms with van der Waals surface area (Å²) in [5, 5.41) is 7.15. The Morgan fingerprint density at radius 2 is 1.78 bits per heavy atom. The molecule has 0 radical (unpaired) electrons. The number of carbonyl (C=O) groups excluding carboxylic acids is 3. The fourth-order valence-corrected chi connectivity index (χ4v) is 8.83. The van der Waals surface area contributed by atoms with Gasteiger partial charge < -0.3 is 31.7 Å². The number of guanidine groups is 1. The Labute approximate surface area is 325 Å². The Morgan fingerprint density at radius 1 is 1.06 bits per heavy atom. The van der Waals surface area contributed by atoms with E-state index >= 15 is 0 Å². The van der Waals surface area contributed by atoms with Gasteiger partial charge >= 0.3 is 0 Å². The molecule has 2 aliphatic rings. The molecular formula is C37H51ClN8O6S2. The molecule has 2 fully saturated rings. The van der Waals surface area contributed by atoms with E-state index in [0.717, 1.165) is 48.9 Å². The molecule has 2 unspecified atom stereocenters. The first-order valence-corrected chi connectivity index (χ1v) is 21.5. The number of aliphatic imine (C=N–C) groups is 1. The molecule has 1 aromatic heterocycles. The highest BCUT2D eigenvalue weighted by Gasteiger charge is 2.43. The summed E-state index contributed by atoms with van der Waals surface area (Å²) in [6, 6.07) is 11.6. The third kappa shape index (κ3) is 12.4. The van der Waals surface area contributed by atoms with Crippen LogP contribution in [0.5, 0.6) is 0 Å². The van der Waals surface area contributed by atoms with E-state index in [0.29, 0.717) is 42.3 Å². The number of benzene rings is 2. The smallest absolute Gasteiger partial charge is 0.243 e. The largest absolute Gasteiger partial charge is 0.372 e. The van der Waals surface area contributed by atoms with E-state index in [9.17, 15) is 22.8 Å². The van der Waals surface area contributed by atoms with Crippen molar-refractivity contribution in [3.63, 3.8) is 0 Å². The minimum atomic E-state index is -3.77. The van der Waals surface area contributed by atoms with Gasteiger partial charge in [0.1, 0.15) is 12.1 Å². The third-order valence-corrected chi connectivity index (χ3v) is 11.8. The number of ether oxygens (including phenoxy) is 1. The van der Waals surface area contributed by atoms with Crippen molar-refractivity contribution in [1.29, 1.82) is 0 Å². The number of piperidine rings is 1. The van der Waals surface area contributed by atoms with Crippen LogP contribution in [0.25, 0.3) is 10.2 Å². The van der Waals surface area contributed by atoms with Crippen LogP contribution in [-0.2, 0) is 31.0 Å². The summed E-state index contributed by atoms with van der Waals surface area (Å²) in [4.78, 5) is 52.6. The van der Waals surface area contributed by atoms with Gasteiger partial charge in [0.15, 0.2) is 11.0 Å². The fourth-order valence-electron chi connectivity index (χ4n) is 7.01.